The van der Waals surface area contributed by atoms with E-state index in [0.29, 0.717) is 47.1 Å². The fraction of sp³-hybridized carbons (Fsp3) is 0.286. The summed E-state index contributed by atoms with van der Waals surface area (Å²) in [6.45, 7) is 4.93. The van der Waals surface area contributed by atoms with E-state index in [0.717, 1.165) is 32.2 Å². The summed E-state index contributed by atoms with van der Waals surface area (Å²) in [5, 5.41) is 8.48. The number of carbonyl (C=O) groups is 2. The van der Waals surface area contributed by atoms with Crippen LogP contribution in [0.2, 0.25) is 0 Å². The molecule has 1 fully saturated rings. The summed E-state index contributed by atoms with van der Waals surface area (Å²) in [7, 11) is 0. The van der Waals surface area contributed by atoms with Crippen LogP contribution in [0.15, 0.2) is 42.7 Å². The van der Waals surface area contributed by atoms with Gasteiger partial charge in [-0.1, -0.05) is 18.0 Å². The molecule has 0 aliphatic carbocycles. The lowest BCUT2D eigenvalue weighted by Crippen LogP contribution is -2.43. The van der Waals surface area contributed by atoms with Crippen LogP contribution in [0.1, 0.15) is 28.5 Å². The number of nitrogens with two attached hydrogens (primary N) is 1. The van der Waals surface area contributed by atoms with Gasteiger partial charge in [0.25, 0.3) is 0 Å². The van der Waals surface area contributed by atoms with Crippen molar-refractivity contribution < 1.29 is 31.5 Å². The predicted octanol–water partition coefficient (Wildman–Crippen LogP) is 5.52. The van der Waals surface area contributed by atoms with Gasteiger partial charge in [-0.2, -0.15) is 18.3 Å². The molecule has 0 unspecified atom stereocenters. The molecule has 232 valence electrons. The summed E-state index contributed by atoms with van der Waals surface area (Å²) >= 11 is 1.66. The first-order valence-corrected chi connectivity index (χ1v) is 14.5. The molecule has 4 N–H and O–H groups in total. The van der Waals surface area contributed by atoms with Gasteiger partial charge >= 0.3 is 12.2 Å². The van der Waals surface area contributed by atoms with Gasteiger partial charge in [0.15, 0.2) is 11.6 Å². The van der Waals surface area contributed by atoms with Crippen molar-refractivity contribution in [2.45, 2.75) is 19.6 Å². The number of carbonyl (C=O) groups excluding carboxylic acids is 2. The molecule has 44 heavy (non-hydrogen) atoms. The zero-order valence-electron chi connectivity index (χ0n) is 23.5. The lowest BCUT2D eigenvalue weighted by atomic mass is 9.98. The van der Waals surface area contributed by atoms with E-state index in [1.54, 1.807) is 11.9 Å². The van der Waals surface area contributed by atoms with E-state index in [-0.39, 0.29) is 22.9 Å². The third-order valence-electron chi connectivity index (χ3n) is 7.21. The number of aromatic nitrogens is 3. The number of fused-ring (bicyclic) bond motifs is 1. The van der Waals surface area contributed by atoms with Crippen molar-refractivity contribution >= 4 is 46.5 Å². The lowest BCUT2D eigenvalue weighted by molar-refractivity contribution is -0.137. The molecule has 2 aromatic carbocycles. The van der Waals surface area contributed by atoms with E-state index in [9.17, 15) is 27.2 Å². The number of nitrogens with zero attached hydrogens (tertiary/aromatic N) is 5. The number of urea groups is 1. The van der Waals surface area contributed by atoms with Crippen LogP contribution in [-0.2, 0) is 12.7 Å². The zero-order valence-corrected chi connectivity index (χ0v) is 24.3. The van der Waals surface area contributed by atoms with Gasteiger partial charge in [0, 0.05) is 38.3 Å². The van der Waals surface area contributed by atoms with Crippen molar-refractivity contribution in [3.8, 4) is 11.1 Å². The molecule has 0 spiro atoms. The minimum absolute atomic E-state index is 0.0704. The Morgan fingerprint density at radius 2 is 1.70 bits per heavy atom. The highest BCUT2D eigenvalue weighted by Crippen LogP contribution is 2.38. The summed E-state index contributed by atoms with van der Waals surface area (Å²) in [6.07, 6.45) is -1.48. The Morgan fingerprint density at radius 1 is 1.00 bits per heavy atom. The molecule has 4 aromatic rings. The number of hydrogen-bond donors (Lipinski definition) is 3. The second-order valence-corrected chi connectivity index (χ2v) is 10.9. The van der Waals surface area contributed by atoms with Gasteiger partial charge in [-0.3, -0.25) is 9.69 Å². The molecule has 1 saturated heterocycles. The Hall–Kier alpha value is -4.28. The summed E-state index contributed by atoms with van der Waals surface area (Å²) < 4.78 is 72.3. The third-order valence-corrected chi connectivity index (χ3v) is 8.09. The molecule has 3 heterocycles. The van der Waals surface area contributed by atoms with E-state index in [1.165, 1.54) is 29.9 Å². The van der Waals surface area contributed by atoms with Gasteiger partial charge in [-0.05, 0) is 49.1 Å². The van der Waals surface area contributed by atoms with E-state index >= 15 is 4.39 Å². The van der Waals surface area contributed by atoms with Crippen LogP contribution in [0, 0.1) is 11.6 Å². The lowest BCUT2D eigenvalue weighted by Gasteiger charge is -2.33. The Morgan fingerprint density at radius 3 is 2.34 bits per heavy atom. The highest BCUT2D eigenvalue weighted by atomic mass is 32.2. The zero-order chi connectivity index (χ0) is 31.8. The highest BCUT2D eigenvalue weighted by molar-refractivity contribution is 7.96. The minimum Gasteiger partial charge on any atom is -0.382 e. The average Bonchev–Trinajstić information content (AvgIpc) is 3.30. The molecule has 10 nitrogen and oxygen atoms in total. The first-order valence-electron chi connectivity index (χ1n) is 13.3. The monoisotopic (exact) mass is 634 g/mol. The predicted molar refractivity (Wildman–Crippen MR) is 157 cm³/mol. The van der Waals surface area contributed by atoms with Crippen molar-refractivity contribution in [1.29, 1.82) is 0 Å². The maximum absolute atomic E-state index is 15.4. The molecule has 0 bridgehead atoms. The van der Waals surface area contributed by atoms with Gasteiger partial charge in [0.05, 0.1) is 28.2 Å². The molecule has 0 saturated carbocycles. The van der Waals surface area contributed by atoms with Crippen LogP contribution in [-0.4, -0.2) is 68.1 Å². The molecule has 0 radical (unpaired) electrons. The fourth-order valence-electron chi connectivity index (χ4n) is 5.11. The third kappa shape index (κ3) is 6.32. The number of anilines is 3. The molecule has 1 aliphatic heterocycles. The Balaban J connectivity index is 1.46. The topological polar surface area (TPSA) is 121 Å². The van der Waals surface area contributed by atoms with Crippen LogP contribution < -0.4 is 16.4 Å². The number of alkyl halides is 3. The molecule has 2 amide bonds. The number of amides is 2. The Kier molecular flexibility index (Phi) is 8.76. The second-order valence-electron chi connectivity index (χ2n) is 10.0. The number of rotatable bonds is 7. The van der Waals surface area contributed by atoms with Gasteiger partial charge in [0.1, 0.15) is 23.5 Å². The van der Waals surface area contributed by atoms with Crippen LogP contribution in [0.25, 0.3) is 16.6 Å². The normalized spacial score (nSPS) is 14.6. The van der Waals surface area contributed by atoms with E-state index in [2.05, 4.69) is 24.6 Å². The number of Topliss-reactive ketones (excluding diaryl/α,β-unsaturated/α-hetero) is 1. The molecule has 1 aliphatic rings. The van der Waals surface area contributed by atoms with Crippen LogP contribution >= 0.6 is 11.9 Å². The Labute approximate surface area is 252 Å². The number of ketones is 1. The summed E-state index contributed by atoms with van der Waals surface area (Å²) in [5.74, 6) is -2.27. The van der Waals surface area contributed by atoms with E-state index in [1.807, 2.05) is 11.6 Å². The van der Waals surface area contributed by atoms with E-state index in [4.69, 9.17) is 5.73 Å². The highest BCUT2D eigenvalue weighted by Gasteiger charge is 2.32. The molecular weight excluding hydrogens is 607 g/mol. The van der Waals surface area contributed by atoms with Gasteiger partial charge in [-0.25, -0.2) is 27.4 Å². The SMILES string of the molecule is CSN1CCN(Cc2c(C(C)=O)c(-c3ccc(NC(=O)Nc4cc(C(F)(F)F)ccc4F)c(F)c3)c3c(N)ncnn23)CC1. The summed E-state index contributed by atoms with van der Waals surface area (Å²) in [4.78, 5) is 31.8. The summed E-state index contributed by atoms with van der Waals surface area (Å²) in [5.41, 5.74) is 5.72. The second kappa shape index (κ2) is 12.4. The van der Waals surface area contributed by atoms with Crippen molar-refractivity contribution in [3.63, 3.8) is 0 Å². The fourth-order valence-corrected chi connectivity index (χ4v) is 5.64. The van der Waals surface area contributed by atoms with Crippen LogP contribution in [0.5, 0.6) is 0 Å². The largest absolute Gasteiger partial charge is 0.416 e. The smallest absolute Gasteiger partial charge is 0.382 e. The maximum Gasteiger partial charge on any atom is 0.416 e. The number of hydrogen-bond acceptors (Lipinski definition) is 8. The van der Waals surface area contributed by atoms with Crippen LogP contribution in [0.4, 0.5) is 43.9 Å². The van der Waals surface area contributed by atoms with Crippen molar-refractivity contribution in [2.75, 3.05) is 48.8 Å². The maximum atomic E-state index is 15.4. The summed E-state index contributed by atoms with van der Waals surface area (Å²) in [6, 6.07) is 4.09. The Bertz CT molecular complexity index is 1740. The standard InChI is InChI=1S/C28H27F5N8O2S/c1-15(42)23-22(13-39-7-9-40(44-2)10-8-39)41-25(26(34)35-14-36-41)24(23)16-3-6-20(19(30)11-16)37-27(43)38-21-12-17(28(31,32)33)4-5-18(21)29/h3-6,11-12,14H,7-10,13H2,1-2H3,(H2,34,35,36)(H2,37,38,43). The van der Waals surface area contributed by atoms with Gasteiger partial charge in [0.2, 0.25) is 0 Å². The molecule has 16 heteroatoms. The van der Waals surface area contributed by atoms with Gasteiger partial charge in [-0.15, -0.1) is 0 Å². The van der Waals surface area contributed by atoms with Crippen LogP contribution in [0.3, 0.4) is 0 Å². The average molecular weight is 635 g/mol. The van der Waals surface area contributed by atoms with E-state index < -0.39 is 35.1 Å². The molecule has 5 rings (SSSR count). The molecular formula is C28H27F5N8O2S. The minimum atomic E-state index is -4.76. The number of benzene rings is 2. The number of nitrogens with one attached hydrogen (secondary N) is 2. The van der Waals surface area contributed by atoms with Gasteiger partial charge < -0.3 is 16.4 Å². The first kappa shape index (κ1) is 31.2. The van der Waals surface area contributed by atoms with Crippen molar-refractivity contribution in [1.82, 2.24) is 23.8 Å². The van der Waals surface area contributed by atoms with Crippen molar-refractivity contribution in [2.24, 2.45) is 0 Å². The first-order chi connectivity index (χ1) is 20.9. The quantitative estimate of drug-likeness (QED) is 0.138. The number of nitrogen functional groups attached to an aromatic ring is 1. The molecule has 2 aromatic heterocycles. The number of halogens is 5. The number of piperazine rings is 1. The van der Waals surface area contributed by atoms with Crippen molar-refractivity contribution in [3.05, 3.63) is 71.2 Å². The molecule has 0 atom stereocenters.